The Morgan fingerprint density at radius 2 is 1.30 bits per heavy atom. The molecule has 0 heterocycles. The van der Waals surface area contributed by atoms with E-state index in [1.807, 2.05) is 0 Å². The Morgan fingerprint density at radius 3 is 1.65 bits per heavy atom. The van der Waals surface area contributed by atoms with Gasteiger partial charge in [-0.05, 0) is 30.9 Å². The van der Waals surface area contributed by atoms with Crippen LogP contribution in [0.2, 0.25) is 0 Å². The molecule has 0 amide bonds. The van der Waals surface area contributed by atoms with Crippen molar-refractivity contribution in [2.24, 2.45) is 0 Å². The Labute approximate surface area is 151 Å². The van der Waals surface area contributed by atoms with E-state index >= 15 is 0 Å². The summed E-state index contributed by atoms with van der Waals surface area (Å²) < 4.78 is 0. The molecule has 23 heavy (non-hydrogen) atoms. The van der Waals surface area contributed by atoms with E-state index < -0.39 is 7.26 Å². The van der Waals surface area contributed by atoms with Crippen molar-refractivity contribution in [3.05, 3.63) is 48.6 Å². The molecule has 0 aliphatic heterocycles. The molecule has 1 unspecified atom stereocenters. The van der Waals surface area contributed by atoms with Gasteiger partial charge in [0, 0.05) is 7.26 Å². The number of benzene rings is 1. The smallest absolute Gasteiger partial charge is 0.112 e. The standard InChI is InChI=1S/C21H36P.ClH/c1-5-9-17-22(18-10-6-2,19-11-7-3)21(8-4)20-15-13-12-14-16-20;/h8,12-16,21H,4-7,9-11,17-19H2,1-3H3;1H/q+1;/p-1. The first-order valence-corrected chi connectivity index (χ1v) is 11.7. The number of unbranched alkanes of at least 4 members (excludes halogenated alkanes) is 3. The van der Waals surface area contributed by atoms with Crippen molar-refractivity contribution >= 4 is 7.26 Å². The van der Waals surface area contributed by atoms with Crippen molar-refractivity contribution in [2.75, 3.05) is 18.5 Å². The van der Waals surface area contributed by atoms with Crippen molar-refractivity contribution in [1.29, 1.82) is 0 Å². The van der Waals surface area contributed by atoms with Crippen LogP contribution in [0.3, 0.4) is 0 Å². The Hall–Kier alpha value is -0.320. The quantitative estimate of drug-likeness (QED) is 0.387. The SMILES string of the molecule is C=CC(c1ccccc1)[P+](CCCC)(CCCC)CCCC.[Cl-]. The summed E-state index contributed by atoms with van der Waals surface area (Å²) >= 11 is 0. The summed E-state index contributed by atoms with van der Waals surface area (Å²) in [5.41, 5.74) is 2.12. The zero-order valence-corrected chi connectivity index (χ0v) is 17.1. The van der Waals surface area contributed by atoms with E-state index in [2.05, 4.69) is 63.8 Å². The van der Waals surface area contributed by atoms with Crippen molar-refractivity contribution in [2.45, 2.75) is 65.0 Å². The molecule has 132 valence electrons. The molecule has 1 rings (SSSR count). The summed E-state index contributed by atoms with van der Waals surface area (Å²) in [5.74, 6) is 0. The molecule has 1 atom stereocenters. The normalized spacial score (nSPS) is 12.5. The van der Waals surface area contributed by atoms with Gasteiger partial charge in [0.1, 0.15) is 5.66 Å². The number of hydrogen-bond acceptors (Lipinski definition) is 0. The monoisotopic (exact) mass is 354 g/mol. The lowest BCUT2D eigenvalue weighted by Gasteiger charge is -2.34. The lowest BCUT2D eigenvalue weighted by atomic mass is 10.1. The van der Waals surface area contributed by atoms with Crippen LogP contribution < -0.4 is 12.4 Å². The molecular weight excluding hydrogens is 319 g/mol. The molecule has 0 N–H and O–H groups in total. The molecule has 0 bridgehead atoms. The molecule has 0 fully saturated rings. The van der Waals surface area contributed by atoms with E-state index in [-0.39, 0.29) is 12.4 Å². The van der Waals surface area contributed by atoms with Gasteiger partial charge in [-0.15, -0.1) is 0 Å². The molecule has 0 radical (unpaired) electrons. The first kappa shape index (κ1) is 22.7. The summed E-state index contributed by atoms with van der Waals surface area (Å²) in [6.45, 7) is 11.3. The summed E-state index contributed by atoms with van der Waals surface area (Å²) in [4.78, 5) is 0. The highest BCUT2D eigenvalue weighted by molar-refractivity contribution is 7.76. The molecule has 0 aromatic heterocycles. The van der Waals surface area contributed by atoms with E-state index in [1.165, 1.54) is 62.6 Å². The Kier molecular flexibility index (Phi) is 12.8. The van der Waals surface area contributed by atoms with E-state index in [4.69, 9.17) is 0 Å². The lowest BCUT2D eigenvalue weighted by molar-refractivity contribution is -0.00000485. The molecule has 1 aromatic rings. The highest BCUT2D eigenvalue weighted by Crippen LogP contribution is 2.71. The van der Waals surface area contributed by atoms with Gasteiger partial charge in [0.2, 0.25) is 0 Å². The maximum atomic E-state index is 4.26. The third-order valence-electron chi connectivity index (χ3n) is 4.83. The molecule has 0 nitrogen and oxygen atoms in total. The van der Waals surface area contributed by atoms with Crippen LogP contribution in [-0.2, 0) is 0 Å². The summed E-state index contributed by atoms with van der Waals surface area (Å²) in [7, 11) is -0.996. The van der Waals surface area contributed by atoms with Gasteiger partial charge in [-0.25, -0.2) is 0 Å². The average Bonchev–Trinajstić information content (AvgIpc) is 2.57. The maximum Gasteiger partial charge on any atom is 0.112 e. The molecule has 1 aromatic carbocycles. The average molecular weight is 355 g/mol. The van der Waals surface area contributed by atoms with Crippen LogP contribution in [0.1, 0.15) is 70.5 Å². The fourth-order valence-electron chi connectivity index (χ4n) is 3.50. The zero-order chi connectivity index (χ0) is 16.3. The Balaban J connectivity index is 0.00000484. The van der Waals surface area contributed by atoms with Gasteiger partial charge in [0.05, 0.1) is 18.5 Å². The maximum absolute atomic E-state index is 4.26. The van der Waals surface area contributed by atoms with Gasteiger partial charge in [-0.1, -0.05) is 76.9 Å². The predicted octanol–water partition coefficient (Wildman–Crippen LogP) is 4.34. The van der Waals surface area contributed by atoms with Crippen molar-refractivity contribution in [1.82, 2.24) is 0 Å². The molecule has 0 aliphatic rings. The molecule has 2 heteroatoms. The van der Waals surface area contributed by atoms with Crippen LogP contribution in [0.25, 0.3) is 0 Å². The number of rotatable bonds is 12. The topological polar surface area (TPSA) is 0 Å². The third kappa shape index (κ3) is 6.98. The largest absolute Gasteiger partial charge is 1.00 e. The second-order valence-corrected chi connectivity index (χ2v) is 10.9. The van der Waals surface area contributed by atoms with Gasteiger partial charge in [0.15, 0.2) is 0 Å². The number of hydrogen-bond donors (Lipinski definition) is 0. The minimum Gasteiger partial charge on any atom is -1.00 e. The minimum atomic E-state index is -0.996. The summed E-state index contributed by atoms with van der Waals surface area (Å²) in [6.07, 6.45) is 14.8. The van der Waals surface area contributed by atoms with Gasteiger partial charge < -0.3 is 12.4 Å². The first-order chi connectivity index (χ1) is 10.7. The molecule has 0 saturated heterocycles. The molecule has 0 saturated carbocycles. The second kappa shape index (κ2) is 13.0. The third-order valence-corrected chi connectivity index (χ3v) is 10.1. The van der Waals surface area contributed by atoms with Crippen LogP contribution in [0.4, 0.5) is 0 Å². The lowest BCUT2D eigenvalue weighted by Crippen LogP contribution is -3.00. The van der Waals surface area contributed by atoms with Crippen LogP contribution in [-0.4, -0.2) is 18.5 Å². The van der Waals surface area contributed by atoms with Crippen LogP contribution >= 0.6 is 7.26 Å². The van der Waals surface area contributed by atoms with Crippen LogP contribution in [0.15, 0.2) is 43.0 Å². The Bertz CT molecular complexity index is 380. The van der Waals surface area contributed by atoms with E-state index in [9.17, 15) is 0 Å². The van der Waals surface area contributed by atoms with Crippen molar-refractivity contribution < 1.29 is 12.4 Å². The van der Waals surface area contributed by atoms with E-state index in [0.29, 0.717) is 5.66 Å². The van der Waals surface area contributed by atoms with Gasteiger partial charge in [0.25, 0.3) is 0 Å². The minimum absolute atomic E-state index is 0. The van der Waals surface area contributed by atoms with Gasteiger partial charge >= 0.3 is 0 Å². The second-order valence-electron chi connectivity index (χ2n) is 6.54. The molecular formula is C21H36ClP. The van der Waals surface area contributed by atoms with Gasteiger partial charge in [-0.3, -0.25) is 0 Å². The van der Waals surface area contributed by atoms with Crippen LogP contribution in [0.5, 0.6) is 0 Å². The summed E-state index contributed by atoms with van der Waals surface area (Å²) in [6, 6.07) is 11.2. The fraction of sp³-hybridized carbons (Fsp3) is 0.619. The summed E-state index contributed by atoms with van der Waals surface area (Å²) in [5, 5.41) is 0. The van der Waals surface area contributed by atoms with Crippen LogP contribution in [0, 0.1) is 0 Å². The number of allylic oxidation sites excluding steroid dienone is 1. The van der Waals surface area contributed by atoms with Gasteiger partial charge in [-0.2, -0.15) is 0 Å². The fourth-order valence-corrected chi connectivity index (χ4v) is 9.09. The zero-order valence-electron chi connectivity index (χ0n) is 15.4. The molecule has 0 spiro atoms. The predicted molar refractivity (Wildman–Crippen MR) is 106 cm³/mol. The van der Waals surface area contributed by atoms with Crippen molar-refractivity contribution in [3.8, 4) is 0 Å². The molecule has 0 aliphatic carbocycles. The van der Waals surface area contributed by atoms with E-state index in [1.54, 1.807) is 0 Å². The first-order valence-electron chi connectivity index (χ1n) is 9.27. The Morgan fingerprint density at radius 1 is 0.870 bits per heavy atom. The number of halogens is 1. The van der Waals surface area contributed by atoms with Crippen molar-refractivity contribution in [3.63, 3.8) is 0 Å². The van der Waals surface area contributed by atoms with E-state index in [0.717, 1.165) is 0 Å². The highest BCUT2D eigenvalue weighted by atomic mass is 35.5. The highest BCUT2D eigenvalue weighted by Gasteiger charge is 2.43.